The summed E-state index contributed by atoms with van der Waals surface area (Å²) in [4.78, 5) is 18.5. The Bertz CT molecular complexity index is 637. The van der Waals surface area contributed by atoms with Crippen molar-refractivity contribution in [2.24, 2.45) is 7.05 Å². The maximum absolute atomic E-state index is 12.5. The number of likely N-dealkylation sites (tertiary alicyclic amines) is 1. The van der Waals surface area contributed by atoms with Gasteiger partial charge in [0.15, 0.2) is 0 Å². The molecule has 0 aliphatic carbocycles. The third kappa shape index (κ3) is 3.15. The summed E-state index contributed by atoms with van der Waals surface area (Å²) in [6.07, 6.45) is 4.52. The summed E-state index contributed by atoms with van der Waals surface area (Å²) in [6, 6.07) is 8.52. The predicted octanol–water partition coefficient (Wildman–Crippen LogP) is 2.42. The molecule has 0 bridgehead atoms. The second kappa shape index (κ2) is 5.97. The summed E-state index contributed by atoms with van der Waals surface area (Å²) < 4.78 is 2.64. The smallest absolute Gasteiger partial charge is 0.293 e. The van der Waals surface area contributed by atoms with E-state index in [2.05, 4.69) is 38.1 Å². The van der Waals surface area contributed by atoms with E-state index in [1.807, 2.05) is 17.0 Å². The summed E-state index contributed by atoms with van der Waals surface area (Å²) in [5, 5.41) is 4.12. The van der Waals surface area contributed by atoms with Crippen LogP contribution in [0.25, 0.3) is 0 Å². The van der Waals surface area contributed by atoms with Gasteiger partial charge in [-0.25, -0.2) is 4.98 Å². The van der Waals surface area contributed by atoms with E-state index < -0.39 is 0 Å². The lowest BCUT2D eigenvalue weighted by Crippen LogP contribution is -2.37. The number of nitrogens with zero attached hydrogens (tertiary/aromatic N) is 4. The van der Waals surface area contributed by atoms with Gasteiger partial charge in [-0.1, -0.05) is 28.1 Å². The van der Waals surface area contributed by atoms with Crippen LogP contribution in [0.4, 0.5) is 0 Å². The van der Waals surface area contributed by atoms with Crippen molar-refractivity contribution >= 4 is 21.8 Å². The Kier molecular flexibility index (Phi) is 4.05. The minimum absolute atomic E-state index is 0.0600. The predicted molar refractivity (Wildman–Crippen MR) is 82.9 cm³/mol. The molecule has 0 saturated carbocycles. The van der Waals surface area contributed by atoms with Crippen LogP contribution in [-0.4, -0.2) is 38.2 Å². The zero-order valence-electron chi connectivity index (χ0n) is 11.9. The normalized spacial score (nSPS) is 18.2. The van der Waals surface area contributed by atoms with Crippen molar-refractivity contribution in [3.63, 3.8) is 0 Å². The molecule has 1 aliphatic heterocycles. The second-order valence-electron chi connectivity index (χ2n) is 5.37. The minimum atomic E-state index is -0.0600. The van der Waals surface area contributed by atoms with E-state index in [4.69, 9.17) is 0 Å². The monoisotopic (exact) mass is 348 g/mol. The average molecular weight is 349 g/mol. The molecule has 1 atom stereocenters. The largest absolute Gasteiger partial charge is 0.333 e. The molecule has 2 heterocycles. The Morgan fingerprint density at radius 1 is 1.38 bits per heavy atom. The molecule has 21 heavy (non-hydrogen) atoms. The van der Waals surface area contributed by atoms with Crippen LogP contribution in [0.1, 0.15) is 29.0 Å². The maximum Gasteiger partial charge on any atom is 0.293 e. The topological polar surface area (TPSA) is 51.0 Å². The molecule has 110 valence electrons. The van der Waals surface area contributed by atoms with Crippen molar-refractivity contribution in [2.45, 2.75) is 25.3 Å². The zero-order chi connectivity index (χ0) is 14.8. The maximum atomic E-state index is 12.5. The molecule has 0 N–H and O–H groups in total. The van der Waals surface area contributed by atoms with Crippen LogP contribution in [0, 0.1) is 0 Å². The van der Waals surface area contributed by atoms with Gasteiger partial charge in [0.05, 0.1) is 0 Å². The minimum Gasteiger partial charge on any atom is -0.333 e. The van der Waals surface area contributed by atoms with Crippen LogP contribution in [0.3, 0.4) is 0 Å². The number of amides is 1. The number of benzene rings is 1. The van der Waals surface area contributed by atoms with Gasteiger partial charge in [0, 0.05) is 24.1 Å². The Morgan fingerprint density at radius 2 is 2.14 bits per heavy atom. The van der Waals surface area contributed by atoms with Crippen LogP contribution >= 0.6 is 15.9 Å². The van der Waals surface area contributed by atoms with Crippen LogP contribution in [0.15, 0.2) is 35.1 Å². The fraction of sp³-hybridized carbons (Fsp3) is 0.400. The Balaban J connectivity index is 1.73. The first-order chi connectivity index (χ1) is 10.1. The number of aryl methyl sites for hydroxylation is 1. The third-order valence-corrected chi connectivity index (χ3v) is 4.34. The number of aromatic nitrogens is 3. The first kappa shape index (κ1) is 14.3. The number of carbonyl (C=O) groups excluding carboxylic acids is 1. The fourth-order valence-corrected chi connectivity index (χ4v) is 3.04. The summed E-state index contributed by atoms with van der Waals surface area (Å²) in [6.45, 7) is 0.790. The first-order valence-corrected chi connectivity index (χ1v) is 7.84. The van der Waals surface area contributed by atoms with Crippen LogP contribution < -0.4 is 0 Å². The summed E-state index contributed by atoms with van der Waals surface area (Å²) >= 11 is 3.44. The molecular weight excluding hydrogens is 332 g/mol. The fourth-order valence-electron chi connectivity index (χ4n) is 2.77. The highest BCUT2D eigenvalue weighted by molar-refractivity contribution is 9.10. The van der Waals surface area contributed by atoms with Gasteiger partial charge in [-0.15, -0.1) is 5.10 Å². The van der Waals surface area contributed by atoms with Gasteiger partial charge in [0.2, 0.25) is 5.82 Å². The highest BCUT2D eigenvalue weighted by Crippen LogP contribution is 2.23. The highest BCUT2D eigenvalue weighted by Gasteiger charge is 2.31. The SMILES string of the molecule is Cn1cnc(C(=O)N2CCCC2Cc2ccc(Br)cc2)n1. The molecule has 1 aromatic heterocycles. The van der Waals surface area contributed by atoms with E-state index in [9.17, 15) is 4.79 Å². The van der Waals surface area contributed by atoms with Gasteiger partial charge in [-0.2, -0.15) is 0 Å². The van der Waals surface area contributed by atoms with Crippen molar-refractivity contribution in [3.8, 4) is 0 Å². The molecular formula is C15H17BrN4O. The molecule has 2 aromatic rings. The van der Waals surface area contributed by atoms with E-state index in [-0.39, 0.29) is 11.9 Å². The molecule has 0 radical (unpaired) electrons. The van der Waals surface area contributed by atoms with E-state index >= 15 is 0 Å². The summed E-state index contributed by atoms with van der Waals surface area (Å²) in [7, 11) is 1.77. The van der Waals surface area contributed by atoms with Gasteiger partial charge in [-0.3, -0.25) is 9.48 Å². The summed E-state index contributed by atoms with van der Waals surface area (Å²) in [5.41, 5.74) is 1.25. The van der Waals surface area contributed by atoms with Gasteiger partial charge in [0.1, 0.15) is 6.33 Å². The van der Waals surface area contributed by atoms with Gasteiger partial charge in [-0.05, 0) is 37.0 Å². The third-order valence-electron chi connectivity index (χ3n) is 3.81. The van der Waals surface area contributed by atoms with E-state index in [1.54, 1.807) is 18.1 Å². The van der Waals surface area contributed by atoms with Gasteiger partial charge < -0.3 is 4.90 Å². The second-order valence-corrected chi connectivity index (χ2v) is 6.28. The lowest BCUT2D eigenvalue weighted by Gasteiger charge is -2.23. The molecule has 1 amide bonds. The number of hydrogen-bond donors (Lipinski definition) is 0. The van der Waals surface area contributed by atoms with Crippen molar-refractivity contribution in [1.29, 1.82) is 0 Å². The van der Waals surface area contributed by atoms with Crippen LogP contribution in [0.5, 0.6) is 0 Å². The van der Waals surface area contributed by atoms with Crippen molar-refractivity contribution in [3.05, 3.63) is 46.5 Å². The quantitative estimate of drug-likeness (QED) is 0.855. The number of rotatable bonds is 3. The first-order valence-electron chi connectivity index (χ1n) is 7.04. The van der Waals surface area contributed by atoms with E-state index in [1.165, 1.54) is 5.56 Å². The van der Waals surface area contributed by atoms with Gasteiger partial charge in [0.25, 0.3) is 5.91 Å². The standard InChI is InChI=1S/C15H17BrN4O/c1-19-10-17-14(18-19)15(21)20-8-2-3-13(20)9-11-4-6-12(16)7-5-11/h4-7,10,13H,2-3,8-9H2,1H3. The molecule has 1 unspecified atom stereocenters. The Hall–Kier alpha value is -1.69. The van der Waals surface area contributed by atoms with Crippen molar-refractivity contribution in [1.82, 2.24) is 19.7 Å². The number of hydrogen-bond acceptors (Lipinski definition) is 3. The molecule has 0 spiro atoms. The lowest BCUT2D eigenvalue weighted by molar-refractivity contribution is 0.0724. The Labute approximate surface area is 132 Å². The number of carbonyl (C=O) groups is 1. The zero-order valence-corrected chi connectivity index (χ0v) is 13.5. The Morgan fingerprint density at radius 3 is 2.81 bits per heavy atom. The summed E-state index contributed by atoms with van der Waals surface area (Å²) in [5.74, 6) is 0.232. The van der Waals surface area contributed by atoms with E-state index in [0.29, 0.717) is 5.82 Å². The molecule has 5 nitrogen and oxygen atoms in total. The molecule has 1 saturated heterocycles. The lowest BCUT2D eigenvalue weighted by atomic mass is 10.0. The highest BCUT2D eigenvalue weighted by atomic mass is 79.9. The van der Waals surface area contributed by atoms with Crippen molar-refractivity contribution < 1.29 is 4.79 Å². The van der Waals surface area contributed by atoms with E-state index in [0.717, 1.165) is 30.3 Å². The number of halogens is 1. The molecule has 3 rings (SSSR count). The molecule has 6 heteroatoms. The molecule has 1 fully saturated rings. The molecule has 1 aromatic carbocycles. The molecule has 1 aliphatic rings. The van der Waals surface area contributed by atoms with Crippen molar-refractivity contribution in [2.75, 3.05) is 6.54 Å². The van der Waals surface area contributed by atoms with Gasteiger partial charge >= 0.3 is 0 Å². The van der Waals surface area contributed by atoms with Crippen LogP contribution in [0.2, 0.25) is 0 Å². The van der Waals surface area contributed by atoms with Crippen LogP contribution in [-0.2, 0) is 13.5 Å². The average Bonchev–Trinajstić information content (AvgIpc) is 3.10.